The first-order valence-electron chi connectivity index (χ1n) is 4.87. The van der Waals surface area contributed by atoms with E-state index in [4.69, 9.17) is 5.73 Å². The van der Waals surface area contributed by atoms with Crippen LogP contribution in [0.25, 0.3) is 0 Å². The molecule has 2 rings (SSSR count). The molecule has 11 heavy (non-hydrogen) atoms. The van der Waals surface area contributed by atoms with Crippen LogP contribution in [0.4, 0.5) is 0 Å². The molecule has 64 valence electrons. The minimum absolute atomic E-state index is 0.857. The SMILES string of the molecule is NCCCN(C1CC1)C1CC1. The normalized spacial score (nSPS) is 24.5. The Morgan fingerprint density at radius 3 is 2.00 bits per heavy atom. The first kappa shape index (κ1) is 7.56. The van der Waals surface area contributed by atoms with E-state index in [1.165, 1.54) is 38.6 Å². The van der Waals surface area contributed by atoms with Gasteiger partial charge in [-0.25, -0.2) is 0 Å². The summed E-state index contributed by atoms with van der Waals surface area (Å²) in [7, 11) is 0. The fourth-order valence-corrected chi connectivity index (χ4v) is 1.75. The third-order valence-electron chi connectivity index (χ3n) is 2.65. The summed E-state index contributed by atoms with van der Waals surface area (Å²) in [5.74, 6) is 0. The number of rotatable bonds is 5. The van der Waals surface area contributed by atoms with E-state index in [1.54, 1.807) is 0 Å². The molecule has 0 bridgehead atoms. The van der Waals surface area contributed by atoms with Gasteiger partial charge in [0.2, 0.25) is 0 Å². The number of nitrogens with zero attached hydrogens (tertiary/aromatic N) is 1. The van der Waals surface area contributed by atoms with E-state index >= 15 is 0 Å². The Morgan fingerprint density at radius 2 is 1.64 bits per heavy atom. The van der Waals surface area contributed by atoms with Crippen LogP contribution in [0.1, 0.15) is 32.1 Å². The molecule has 0 amide bonds. The van der Waals surface area contributed by atoms with E-state index in [0.29, 0.717) is 0 Å². The molecule has 2 N–H and O–H groups in total. The van der Waals surface area contributed by atoms with Crippen LogP contribution in [0, 0.1) is 0 Å². The highest BCUT2D eigenvalue weighted by atomic mass is 15.2. The van der Waals surface area contributed by atoms with Gasteiger partial charge in [-0.15, -0.1) is 0 Å². The van der Waals surface area contributed by atoms with Gasteiger partial charge >= 0.3 is 0 Å². The smallest absolute Gasteiger partial charge is 0.00993 e. The van der Waals surface area contributed by atoms with Gasteiger partial charge in [-0.05, 0) is 45.2 Å². The molecular weight excluding hydrogens is 136 g/mol. The van der Waals surface area contributed by atoms with Gasteiger partial charge in [0.15, 0.2) is 0 Å². The molecule has 0 unspecified atom stereocenters. The Balaban J connectivity index is 1.73. The van der Waals surface area contributed by atoms with Gasteiger partial charge in [0, 0.05) is 12.1 Å². The molecule has 2 heteroatoms. The minimum atomic E-state index is 0.857. The maximum Gasteiger partial charge on any atom is 0.00993 e. The number of hydrogen-bond acceptors (Lipinski definition) is 2. The lowest BCUT2D eigenvalue weighted by molar-refractivity contribution is 0.251. The molecule has 2 aliphatic rings. The van der Waals surface area contributed by atoms with Crippen molar-refractivity contribution in [3.63, 3.8) is 0 Å². The number of hydrogen-bond donors (Lipinski definition) is 1. The molecule has 0 spiro atoms. The van der Waals surface area contributed by atoms with Crippen molar-refractivity contribution in [3.05, 3.63) is 0 Å². The third kappa shape index (κ3) is 1.94. The van der Waals surface area contributed by atoms with Gasteiger partial charge < -0.3 is 5.73 Å². The highest BCUT2D eigenvalue weighted by Crippen LogP contribution is 2.36. The first-order chi connectivity index (χ1) is 5.42. The van der Waals surface area contributed by atoms with Crippen LogP contribution in [0.5, 0.6) is 0 Å². The molecule has 0 heterocycles. The summed E-state index contributed by atoms with van der Waals surface area (Å²) in [5, 5.41) is 0. The van der Waals surface area contributed by atoms with Crippen molar-refractivity contribution in [2.24, 2.45) is 5.73 Å². The Morgan fingerprint density at radius 1 is 1.09 bits per heavy atom. The maximum absolute atomic E-state index is 5.49. The summed E-state index contributed by atoms with van der Waals surface area (Å²) in [4.78, 5) is 2.69. The maximum atomic E-state index is 5.49. The van der Waals surface area contributed by atoms with E-state index in [1.807, 2.05) is 0 Å². The van der Waals surface area contributed by atoms with Crippen molar-refractivity contribution in [2.45, 2.75) is 44.2 Å². The molecule has 0 radical (unpaired) electrons. The zero-order valence-electron chi connectivity index (χ0n) is 7.13. The highest BCUT2D eigenvalue weighted by Gasteiger charge is 2.38. The molecule has 0 saturated heterocycles. The second-order valence-electron chi connectivity index (χ2n) is 3.84. The lowest BCUT2D eigenvalue weighted by Gasteiger charge is -2.20. The predicted molar refractivity (Wildman–Crippen MR) is 46.4 cm³/mol. The average Bonchev–Trinajstić information content (AvgIpc) is 2.85. The molecule has 0 atom stereocenters. The van der Waals surface area contributed by atoms with Crippen LogP contribution < -0.4 is 5.73 Å². The van der Waals surface area contributed by atoms with Gasteiger partial charge in [-0.3, -0.25) is 4.90 Å². The Kier molecular flexibility index (Phi) is 2.14. The van der Waals surface area contributed by atoms with Crippen LogP contribution in [0.15, 0.2) is 0 Å². The lowest BCUT2D eigenvalue weighted by Crippen LogP contribution is -2.30. The largest absolute Gasteiger partial charge is 0.330 e. The topological polar surface area (TPSA) is 29.3 Å². The zero-order valence-corrected chi connectivity index (χ0v) is 7.13. The molecule has 2 aliphatic carbocycles. The summed E-state index contributed by atoms with van der Waals surface area (Å²) in [6.45, 7) is 2.11. The zero-order chi connectivity index (χ0) is 7.68. The van der Waals surface area contributed by atoms with Crippen molar-refractivity contribution in [2.75, 3.05) is 13.1 Å². The Hall–Kier alpha value is -0.0800. The molecular formula is C9H18N2. The summed E-state index contributed by atoms with van der Waals surface area (Å²) in [5.41, 5.74) is 5.49. The van der Waals surface area contributed by atoms with Crippen molar-refractivity contribution < 1.29 is 0 Å². The van der Waals surface area contributed by atoms with Crippen molar-refractivity contribution in [1.29, 1.82) is 0 Å². The Bertz CT molecular complexity index is 116. The second-order valence-corrected chi connectivity index (χ2v) is 3.84. The molecule has 2 fully saturated rings. The molecule has 0 aliphatic heterocycles. The van der Waals surface area contributed by atoms with Crippen LogP contribution in [0.3, 0.4) is 0 Å². The second kappa shape index (κ2) is 3.11. The fraction of sp³-hybridized carbons (Fsp3) is 1.00. The summed E-state index contributed by atoms with van der Waals surface area (Å²) in [6, 6.07) is 1.91. The van der Waals surface area contributed by atoms with Gasteiger partial charge in [0.1, 0.15) is 0 Å². The monoisotopic (exact) mass is 154 g/mol. The van der Waals surface area contributed by atoms with E-state index in [9.17, 15) is 0 Å². The van der Waals surface area contributed by atoms with Gasteiger partial charge in [0.25, 0.3) is 0 Å². The van der Waals surface area contributed by atoms with Crippen LogP contribution in [-0.2, 0) is 0 Å². The quantitative estimate of drug-likeness (QED) is 0.639. The fourth-order valence-electron chi connectivity index (χ4n) is 1.75. The van der Waals surface area contributed by atoms with Crippen molar-refractivity contribution in [1.82, 2.24) is 4.90 Å². The van der Waals surface area contributed by atoms with E-state index in [2.05, 4.69) is 4.90 Å². The molecule has 2 nitrogen and oxygen atoms in total. The average molecular weight is 154 g/mol. The van der Waals surface area contributed by atoms with Crippen LogP contribution >= 0.6 is 0 Å². The van der Waals surface area contributed by atoms with Crippen molar-refractivity contribution >= 4 is 0 Å². The van der Waals surface area contributed by atoms with Crippen LogP contribution in [0.2, 0.25) is 0 Å². The molecule has 0 aromatic heterocycles. The minimum Gasteiger partial charge on any atom is -0.330 e. The van der Waals surface area contributed by atoms with Gasteiger partial charge in [-0.1, -0.05) is 0 Å². The third-order valence-corrected chi connectivity index (χ3v) is 2.65. The van der Waals surface area contributed by atoms with E-state index < -0.39 is 0 Å². The standard InChI is InChI=1S/C9H18N2/c10-6-1-7-11(8-2-3-8)9-4-5-9/h8-9H,1-7,10H2. The van der Waals surface area contributed by atoms with E-state index in [0.717, 1.165) is 18.6 Å². The summed E-state index contributed by atoms with van der Waals surface area (Å²) >= 11 is 0. The first-order valence-corrected chi connectivity index (χ1v) is 4.87. The predicted octanol–water partition coefficient (Wildman–Crippen LogP) is 0.962. The summed E-state index contributed by atoms with van der Waals surface area (Å²) < 4.78 is 0. The molecule has 0 aromatic rings. The van der Waals surface area contributed by atoms with Gasteiger partial charge in [0.05, 0.1) is 0 Å². The molecule has 0 aromatic carbocycles. The van der Waals surface area contributed by atoms with Crippen LogP contribution in [-0.4, -0.2) is 30.1 Å². The van der Waals surface area contributed by atoms with Gasteiger partial charge in [-0.2, -0.15) is 0 Å². The van der Waals surface area contributed by atoms with Crippen molar-refractivity contribution in [3.8, 4) is 0 Å². The summed E-state index contributed by atoms with van der Waals surface area (Å²) in [6.07, 6.45) is 6.97. The van der Waals surface area contributed by atoms with E-state index in [-0.39, 0.29) is 0 Å². The highest BCUT2D eigenvalue weighted by molar-refractivity contribution is 4.94. The number of nitrogens with two attached hydrogens (primary N) is 1. The lowest BCUT2D eigenvalue weighted by atomic mass is 10.3. The Labute approximate surface area is 68.7 Å². The molecule has 2 saturated carbocycles.